The van der Waals surface area contributed by atoms with Gasteiger partial charge in [-0.3, -0.25) is 18.7 Å². The van der Waals surface area contributed by atoms with Crippen LogP contribution in [0.2, 0.25) is 10.0 Å². The molecule has 10 heteroatoms. The van der Waals surface area contributed by atoms with Crippen LogP contribution in [0.4, 0.5) is 0 Å². The molecule has 156 valence electrons. The highest BCUT2D eigenvalue weighted by Crippen LogP contribution is 2.25. The summed E-state index contributed by atoms with van der Waals surface area (Å²) in [5.41, 5.74) is 2.27. The van der Waals surface area contributed by atoms with E-state index in [1.807, 2.05) is 24.3 Å². The van der Waals surface area contributed by atoms with Gasteiger partial charge in [0, 0.05) is 18.8 Å². The maximum Gasteiger partial charge on any atom is 0.328 e. The zero-order chi connectivity index (χ0) is 21.7. The van der Waals surface area contributed by atoms with Gasteiger partial charge in [-0.1, -0.05) is 53.5 Å². The second kappa shape index (κ2) is 10.2. The van der Waals surface area contributed by atoms with Gasteiger partial charge >= 0.3 is 8.60 Å². The van der Waals surface area contributed by atoms with Crippen molar-refractivity contribution in [2.75, 3.05) is 0 Å². The average Bonchev–Trinajstić information content (AvgIpc) is 2.71. The number of carbonyl (C=O) groups is 1. The van der Waals surface area contributed by atoms with Crippen molar-refractivity contribution in [2.24, 2.45) is 0 Å². The molecule has 0 bridgehead atoms. The summed E-state index contributed by atoms with van der Waals surface area (Å²) < 4.78 is 5.87. The van der Waals surface area contributed by atoms with Crippen LogP contribution in [0.15, 0.2) is 65.6 Å². The van der Waals surface area contributed by atoms with Crippen LogP contribution in [0.25, 0.3) is 11.1 Å². The molecule has 0 atom stereocenters. The number of nitrogens with one attached hydrogen (secondary N) is 1. The Hall–Kier alpha value is -2.25. The van der Waals surface area contributed by atoms with E-state index in [4.69, 9.17) is 33.0 Å². The average molecular weight is 467 g/mol. The molecule has 0 aliphatic heterocycles. The molecular formula is C20H17Cl2N2O5P. The van der Waals surface area contributed by atoms with Crippen LogP contribution in [0.3, 0.4) is 0 Å². The van der Waals surface area contributed by atoms with Gasteiger partial charge in [0.05, 0.1) is 15.6 Å². The molecule has 3 aromatic rings. The summed E-state index contributed by atoms with van der Waals surface area (Å²) in [6.45, 7) is 0.0385. The molecule has 30 heavy (non-hydrogen) atoms. The number of hydrogen-bond donors (Lipinski definition) is 3. The number of pyridine rings is 1. The molecule has 1 heterocycles. The Morgan fingerprint density at radius 1 is 1.03 bits per heavy atom. The van der Waals surface area contributed by atoms with Crippen LogP contribution >= 0.6 is 31.8 Å². The van der Waals surface area contributed by atoms with Crippen LogP contribution in [0.1, 0.15) is 15.9 Å². The normalized spacial score (nSPS) is 11.0. The first-order valence-electron chi connectivity index (χ1n) is 8.68. The van der Waals surface area contributed by atoms with Crippen molar-refractivity contribution in [1.29, 1.82) is 0 Å². The highest BCUT2D eigenvalue weighted by atomic mass is 35.5. The predicted octanol–water partition coefficient (Wildman–Crippen LogP) is 3.94. The fraction of sp³-hybridized carbons (Fsp3) is 0.100. The molecule has 3 rings (SSSR count). The van der Waals surface area contributed by atoms with E-state index < -0.39 is 8.60 Å². The maximum absolute atomic E-state index is 12.4. The Kier molecular flexibility index (Phi) is 7.61. The monoisotopic (exact) mass is 466 g/mol. The largest absolute Gasteiger partial charge is 0.348 e. The summed E-state index contributed by atoms with van der Waals surface area (Å²) in [5.74, 6) is -0.366. The second-order valence-electron chi connectivity index (χ2n) is 6.21. The molecule has 2 aromatic carbocycles. The lowest BCUT2D eigenvalue weighted by molar-refractivity contribution is 0.0951. The Labute approximate surface area is 183 Å². The summed E-state index contributed by atoms with van der Waals surface area (Å²) in [7, 11) is -2.52. The van der Waals surface area contributed by atoms with Gasteiger partial charge in [0.2, 0.25) is 0 Å². The van der Waals surface area contributed by atoms with Crippen molar-refractivity contribution in [1.82, 2.24) is 9.88 Å². The zero-order valence-electron chi connectivity index (χ0n) is 15.5. The number of amides is 1. The fourth-order valence-corrected chi connectivity index (χ4v) is 3.51. The minimum atomic E-state index is -2.52. The van der Waals surface area contributed by atoms with Gasteiger partial charge in [-0.05, 0) is 34.9 Å². The highest BCUT2D eigenvalue weighted by molar-refractivity contribution is 7.39. The molecule has 0 saturated heterocycles. The molecule has 1 amide bonds. The van der Waals surface area contributed by atoms with Crippen LogP contribution < -0.4 is 10.9 Å². The molecule has 0 radical (unpaired) electrons. The van der Waals surface area contributed by atoms with E-state index in [1.54, 1.807) is 24.3 Å². The Morgan fingerprint density at radius 2 is 1.70 bits per heavy atom. The number of rotatable bonds is 7. The van der Waals surface area contributed by atoms with E-state index in [-0.39, 0.29) is 40.4 Å². The summed E-state index contributed by atoms with van der Waals surface area (Å²) >= 11 is 12.1. The lowest BCUT2D eigenvalue weighted by Crippen LogP contribution is -2.23. The van der Waals surface area contributed by atoms with Gasteiger partial charge in [-0.25, -0.2) is 0 Å². The first-order valence-corrected chi connectivity index (χ1v) is 10.6. The number of benzene rings is 2. The quantitative estimate of drug-likeness (QED) is 0.457. The summed E-state index contributed by atoms with van der Waals surface area (Å²) in [5, 5.41) is 3.35. The van der Waals surface area contributed by atoms with Crippen LogP contribution in [-0.2, 0) is 17.8 Å². The minimum absolute atomic E-state index is 0.233. The van der Waals surface area contributed by atoms with E-state index in [0.717, 1.165) is 11.1 Å². The van der Waals surface area contributed by atoms with Gasteiger partial charge in [-0.2, -0.15) is 0 Å². The van der Waals surface area contributed by atoms with Gasteiger partial charge in [0.15, 0.2) is 0 Å². The first-order chi connectivity index (χ1) is 14.3. The highest BCUT2D eigenvalue weighted by Gasteiger charge is 2.14. The van der Waals surface area contributed by atoms with E-state index in [1.165, 1.54) is 16.8 Å². The van der Waals surface area contributed by atoms with Gasteiger partial charge in [0.25, 0.3) is 11.5 Å². The minimum Gasteiger partial charge on any atom is -0.348 e. The summed E-state index contributed by atoms with van der Waals surface area (Å²) in [6, 6.07) is 15.4. The number of aromatic nitrogens is 1. The van der Waals surface area contributed by atoms with Crippen molar-refractivity contribution in [3.05, 3.63) is 92.3 Å². The standard InChI is InChI=1S/C20H17Cl2N2O5P/c21-16-2-1-3-17(22)19(16)20(26)23-11-13-4-6-14(7-5-13)15-8-9-24(18(25)10-15)12-29-30(27)28/h1-10,27-28H,11-12H2,(H,23,26). The Balaban J connectivity index is 1.66. The van der Waals surface area contributed by atoms with E-state index >= 15 is 0 Å². The van der Waals surface area contributed by atoms with Gasteiger partial charge < -0.3 is 15.1 Å². The zero-order valence-corrected chi connectivity index (χ0v) is 17.9. The molecule has 0 aliphatic rings. The molecule has 0 saturated carbocycles. The topological polar surface area (TPSA) is 101 Å². The second-order valence-corrected chi connectivity index (χ2v) is 7.79. The molecule has 0 spiro atoms. The Morgan fingerprint density at radius 3 is 2.30 bits per heavy atom. The fourth-order valence-electron chi connectivity index (χ4n) is 2.71. The lowest BCUT2D eigenvalue weighted by atomic mass is 10.0. The molecule has 3 N–H and O–H groups in total. The maximum atomic E-state index is 12.4. The van der Waals surface area contributed by atoms with Gasteiger partial charge in [-0.15, -0.1) is 0 Å². The first kappa shape index (κ1) is 22.4. The third kappa shape index (κ3) is 5.67. The molecule has 0 aliphatic carbocycles. The molecule has 7 nitrogen and oxygen atoms in total. The molecular weight excluding hydrogens is 450 g/mol. The van der Waals surface area contributed by atoms with E-state index in [0.29, 0.717) is 5.56 Å². The van der Waals surface area contributed by atoms with Crippen LogP contribution in [0, 0.1) is 0 Å². The predicted molar refractivity (Wildman–Crippen MR) is 116 cm³/mol. The SMILES string of the molecule is O=C(NCc1ccc(-c2ccn(COP(O)O)c(=O)c2)cc1)c1c(Cl)cccc1Cl. The van der Waals surface area contributed by atoms with E-state index in [2.05, 4.69) is 9.84 Å². The van der Waals surface area contributed by atoms with E-state index in [9.17, 15) is 9.59 Å². The van der Waals surface area contributed by atoms with Gasteiger partial charge in [0.1, 0.15) is 6.73 Å². The number of hydrogen-bond acceptors (Lipinski definition) is 5. The molecule has 0 fully saturated rings. The molecule has 1 aromatic heterocycles. The lowest BCUT2D eigenvalue weighted by Gasteiger charge is -2.10. The third-order valence-corrected chi connectivity index (χ3v) is 5.21. The Bertz CT molecular complexity index is 1080. The van der Waals surface area contributed by atoms with Crippen molar-refractivity contribution in [3.8, 4) is 11.1 Å². The third-order valence-electron chi connectivity index (χ3n) is 4.24. The summed E-state index contributed by atoms with van der Waals surface area (Å²) in [6.07, 6.45) is 1.51. The number of nitrogens with zero attached hydrogens (tertiary/aromatic N) is 1. The number of halogens is 2. The van der Waals surface area contributed by atoms with Crippen molar-refractivity contribution >= 4 is 37.7 Å². The van der Waals surface area contributed by atoms with Crippen molar-refractivity contribution in [3.63, 3.8) is 0 Å². The molecule has 0 unspecified atom stereocenters. The van der Waals surface area contributed by atoms with Crippen molar-refractivity contribution < 1.29 is 19.1 Å². The summed E-state index contributed by atoms with van der Waals surface area (Å²) in [4.78, 5) is 42.0. The number of carbonyl (C=O) groups excluding carboxylic acids is 1. The van der Waals surface area contributed by atoms with Crippen LogP contribution in [0.5, 0.6) is 0 Å². The smallest absolute Gasteiger partial charge is 0.328 e. The van der Waals surface area contributed by atoms with Crippen molar-refractivity contribution in [2.45, 2.75) is 13.3 Å². The van der Waals surface area contributed by atoms with Crippen LogP contribution in [-0.4, -0.2) is 20.3 Å².